The van der Waals surface area contributed by atoms with Gasteiger partial charge in [-0.2, -0.15) is 8.42 Å². The molecule has 0 amide bonds. The zero-order valence-corrected chi connectivity index (χ0v) is 12.4. The van der Waals surface area contributed by atoms with E-state index in [0.717, 1.165) is 5.20 Å². The Morgan fingerprint density at radius 1 is 1.50 bits per heavy atom. The van der Waals surface area contributed by atoms with Crippen LogP contribution in [0.4, 0.5) is 0 Å². The summed E-state index contributed by atoms with van der Waals surface area (Å²) < 4.78 is 26.0. The van der Waals surface area contributed by atoms with E-state index in [4.69, 9.17) is 5.14 Å². The first-order valence-electron chi connectivity index (χ1n) is 5.16. The molecule has 0 aliphatic heterocycles. The summed E-state index contributed by atoms with van der Waals surface area (Å²) in [6.45, 7) is 10.5. The smallest absolute Gasteiger partial charge is 0.258 e. The van der Waals surface area contributed by atoms with Crippen molar-refractivity contribution in [1.29, 1.82) is 0 Å². The summed E-state index contributed by atoms with van der Waals surface area (Å²) in [6, 6.07) is 0. The Balaban J connectivity index is 4.81. The van der Waals surface area contributed by atoms with Crippen molar-refractivity contribution in [2.45, 2.75) is 33.5 Å². The maximum Gasteiger partial charge on any atom is 0.333 e. The summed E-state index contributed by atoms with van der Waals surface area (Å²) in [6.07, 6.45) is 1.85. The van der Waals surface area contributed by atoms with Crippen LogP contribution in [0, 0.1) is 5.92 Å². The lowest BCUT2D eigenvalue weighted by Gasteiger charge is -2.24. The van der Waals surface area contributed by atoms with Crippen LogP contribution in [0.3, 0.4) is 0 Å². The van der Waals surface area contributed by atoms with Gasteiger partial charge in [0, 0.05) is 5.92 Å². The predicted molar refractivity (Wildman–Crippen MR) is 68.8 cm³/mol. The average molecular weight is 263 g/mol. The Morgan fingerprint density at radius 3 is 2.31 bits per heavy atom. The first-order chi connectivity index (χ1) is 7.08. The summed E-state index contributed by atoms with van der Waals surface area (Å²) in [5, 5.41) is 5.94. The maximum atomic E-state index is 10.7. The van der Waals surface area contributed by atoms with Gasteiger partial charge in [0.2, 0.25) is 0 Å². The molecule has 0 heterocycles. The van der Waals surface area contributed by atoms with Crippen LogP contribution in [0.25, 0.3) is 0 Å². The van der Waals surface area contributed by atoms with Gasteiger partial charge in [-0.1, -0.05) is 26.6 Å². The number of rotatable bonds is 5. The first-order valence-corrected chi connectivity index (χ1v) is 10.1. The van der Waals surface area contributed by atoms with Crippen LogP contribution in [-0.4, -0.2) is 23.1 Å². The molecule has 94 valence electrons. The lowest BCUT2D eigenvalue weighted by Crippen LogP contribution is -2.31. The quantitative estimate of drug-likeness (QED) is 0.607. The van der Waals surface area contributed by atoms with Gasteiger partial charge in [0.25, 0.3) is 0 Å². The fraction of sp³-hybridized carbons (Fsp3) is 0.700. The maximum absolute atomic E-state index is 10.7. The molecule has 0 rings (SSSR count). The minimum atomic E-state index is -3.85. The van der Waals surface area contributed by atoms with E-state index < -0.39 is 18.4 Å². The second-order valence-corrected chi connectivity index (χ2v) is 11.0. The third-order valence-corrected chi connectivity index (χ3v) is 4.80. The molecule has 1 atom stereocenters. The highest BCUT2D eigenvalue weighted by atomic mass is 32.2. The van der Waals surface area contributed by atoms with E-state index in [2.05, 4.69) is 29.6 Å². The topological polar surface area (TPSA) is 69.4 Å². The van der Waals surface area contributed by atoms with E-state index in [-0.39, 0.29) is 12.5 Å². The van der Waals surface area contributed by atoms with Crippen molar-refractivity contribution in [1.82, 2.24) is 0 Å². The molecule has 2 N–H and O–H groups in total. The van der Waals surface area contributed by atoms with Crippen molar-refractivity contribution in [3.8, 4) is 0 Å². The molecule has 0 fully saturated rings. The van der Waals surface area contributed by atoms with Crippen molar-refractivity contribution in [2.75, 3.05) is 6.61 Å². The zero-order chi connectivity index (χ0) is 13.0. The molecule has 0 bridgehead atoms. The van der Waals surface area contributed by atoms with Gasteiger partial charge in [0.1, 0.15) is 0 Å². The molecule has 0 saturated carbocycles. The Labute approximate surface area is 99.4 Å². The molecule has 1 unspecified atom stereocenters. The molecule has 0 radical (unpaired) electrons. The largest absolute Gasteiger partial charge is 0.333 e. The monoisotopic (exact) mass is 263 g/mol. The van der Waals surface area contributed by atoms with Crippen molar-refractivity contribution < 1.29 is 12.6 Å². The summed E-state index contributed by atoms with van der Waals surface area (Å²) in [5.41, 5.74) is 3.20. The second-order valence-electron chi connectivity index (χ2n) is 4.78. The third-order valence-electron chi connectivity index (χ3n) is 2.08. The number of nitrogens with two attached hydrogens (primary N) is 1. The van der Waals surface area contributed by atoms with Crippen molar-refractivity contribution in [3.63, 3.8) is 0 Å². The van der Waals surface area contributed by atoms with Crippen LogP contribution in [-0.2, 0) is 14.5 Å². The Morgan fingerprint density at radius 2 is 2.00 bits per heavy atom. The fourth-order valence-electron chi connectivity index (χ4n) is 1.53. The standard InChI is InChI=1S/C10H21NO3SSi/c1-6-7-10(16(3,4)5)9(2)8-14-15(11,12)13/h6,9H,8H2,1-5H3,(H2,11,12,13). The van der Waals surface area contributed by atoms with E-state index >= 15 is 0 Å². The molecule has 4 nitrogen and oxygen atoms in total. The summed E-state index contributed by atoms with van der Waals surface area (Å²) in [7, 11) is -5.36. The molecule has 0 spiro atoms. The van der Waals surface area contributed by atoms with Crippen molar-refractivity contribution >= 4 is 18.4 Å². The van der Waals surface area contributed by atoms with Gasteiger partial charge in [-0.05, 0) is 18.2 Å². The molecule has 0 saturated heterocycles. The predicted octanol–water partition coefficient (Wildman–Crippen LogP) is 1.82. The zero-order valence-electron chi connectivity index (χ0n) is 10.6. The Hall–Kier alpha value is -0.393. The van der Waals surface area contributed by atoms with E-state index in [1.165, 1.54) is 0 Å². The average Bonchev–Trinajstić information content (AvgIpc) is 2.07. The van der Waals surface area contributed by atoms with E-state index in [1.807, 2.05) is 19.9 Å². The Kier molecular flexibility index (Phi) is 5.65. The van der Waals surface area contributed by atoms with Crippen LogP contribution in [0.2, 0.25) is 19.6 Å². The highest BCUT2D eigenvalue weighted by molar-refractivity contribution is 7.84. The van der Waals surface area contributed by atoms with Gasteiger partial charge >= 0.3 is 10.3 Å². The normalized spacial score (nSPS) is 14.1. The second kappa shape index (κ2) is 5.79. The summed E-state index contributed by atoms with van der Waals surface area (Å²) >= 11 is 0. The van der Waals surface area contributed by atoms with Crippen LogP contribution in [0.1, 0.15) is 13.8 Å². The van der Waals surface area contributed by atoms with Crippen LogP contribution < -0.4 is 5.14 Å². The minimum Gasteiger partial charge on any atom is -0.258 e. The van der Waals surface area contributed by atoms with Crippen LogP contribution in [0.15, 0.2) is 17.0 Å². The highest BCUT2D eigenvalue weighted by Crippen LogP contribution is 2.22. The number of hydrogen-bond donors (Lipinski definition) is 1. The third kappa shape index (κ3) is 6.25. The molecule has 0 aliphatic carbocycles. The summed E-state index contributed by atoms with van der Waals surface area (Å²) in [4.78, 5) is 0. The molecule has 16 heavy (non-hydrogen) atoms. The SMILES string of the molecule is CC=C=C(C(C)COS(N)(=O)=O)[Si](C)(C)C. The van der Waals surface area contributed by atoms with Crippen LogP contribution >= 0.6 is 0 Å². The lowest BCUT2D eigenvalue weighted by molar-refractivity contribution is 0.286. The Bertz CT molecular complexity index is 389. The first kappa shape index (κ1) is 15.6. The van der Waals surface area contributed by atoms with E-state index in [1.54, 1.807) is 0 Å². The number of hydrogen-bond acceptors (Lipinski definition) is 3. The molecule has 0 aliphatic rings. The van der Waals surface area contributed by atoms with Gasteiger partial charge in [-0.25, -0.2) is 5.14 Å². The molecule has 6 heteroatoms. The van der Waals surface area contributed by atoms with E-state index in [9.17, 15) is 8.42 Å². The summed E-state index contributed by atoms with van der Waals surface area (Å²) in [5.74, 6) is 0.0150. The van der Waals surface area contributed by atoms with Gasteiger partial charge in [-0.15, -0.1) is 5.73 Å². The van der Waals surface area contributed by atoms with Crippen LogP contribution in [0.5, 0.6) is 0 Å². The molecule has 0 aromatic heterocycles. The van der Waals surface area contributed by atoms with Gasteiger partial charge in [0.15, 0.2) is 0 Å². The molecule has 0 aromatic rings. The lowest BCUT2D eigenvalue weighted by atomic mass is 10.2. The fourth-order valence-corrected chi connectivity index (χ4v) is 4.07. The van der Waals surface area contributed by atoms with Gasteiger partial charge < -0.3 is 0 Å². The van der Waals surface area contributed by atoms with Crippen molar-refractivity contribution in [2.24, 2.45) is 11.1 Å². The van der Waals surface area contributed by atoms with Gasteiger partial charge in [-0.3, -0.25) is 4.18 Å². The molecular weight excluding hydrogens is 242 g/mol. The minimum absolute atomic E-state index is 0.0150. The molecular formula is C10H21NO3SSi. The van der Waals surface area contributed by atoms with E-state index in [0.29, 0.717) is 0 Å². The van der Waals surface area contributed by atoms with Gasteiger partial charge in [0.05, 0.1) is 14.7 Å². The molecule has 0 aromatic carbocycles. The van der Waals surface area contributed by atoms with Crippen molar-refractivity contribution in [3.05, 3.63) is 17.0 Å². The highest BCUT2D eigenvalue weighted by Gasteiger charge is 2.25.